The van der Waals surface area contributed by atoms with Gasteiger partial charge in [0.1, 0.15) is 5.82 Å². The molecule has 4 heteroatoms. The molecule has 3 rings (SSSR count). The van der Waals surface area contributed by atoms with Crippen molar-refractivity contribution in [1.82, 2.24) is 4.98 Å². The molecule has 1 aliphatic rings. The van der Waals surface area contributed by atoms with Crippen LogP contribution in [0.25, 0.3) is 0 Å². The Morgan fingerprint density at radius 1 is 1.27 bits per heavy atom. The van der Waals surface area contributed by atoms with E-state index < -0.39 is 0 Å². The van der Waals surface area contributed by atoms with Gasteiger partial charge in [0.2, 0.25) is 0 Å². The van der Waals surface area contributed by atoms with Crippen LogP contribution in [0.15, 0.2) is 36.5 Å². The van der Waals surface area contributed by atoms with Crippen molar-refractivity contribution in [2.24, 2.45) is 5.92 Å². The average Bonchev–Trinajstić information content (AvgIpc) is 2.54. The molecule has 1 aromatic carbocycles. The van der Waals surface area contributed by atoms with Crippen LogP contribution in [0.1, 0.15) is 11.1 Å². The first kappa shape index (κ1) is 14.7. The van der Waals surface area contributed by atoms with Crippen LogP contribution in [0.3, 0.4) is 0 Å². The van der Waals surface area contributed by atoms with Crippen LogP contribution in [-0.4, -0.2) is 32.8 Å². The maximum atomic E-state index is 5.94. The van der Waals surface area contributed by atoms with Crippen LogP contribution in [-0.2, 0) is 12.8 Å². The quantitative estimate of drug-likeness (QED) is 0.869. The monoisotopic (exact) mass is 298 g/mol. The first-order valence-corrected chi connectivity index (χ1v) is 7.58. The number of fused-ring (bicyclic) bond motifs is 1. The summed E-state index contributed by atoms with van der Waals surface area (Å²) in [5.74, 6) is 3.20. The Balaban J connectivity index is 1.70. The molecule has 0 spiro atoms. The fourth-order valence-corrected chi connectivity index (χ4v) is 2.88. The normalized spacial score (nSPS) is 16.6. The molecule has 0 radical (unpaired) electrons. The van der Waals surface area contributed by atoms with Crippen molar-refractivity contribution < 1.29 is 9.47 Å². The summed E-state index contributed by atoms with van der Waals surface area (Å²) in [6.45, 7) is 0.725. The molecule has 4 nitrogen and oxygen atoms in total. The highest BCUT2D eigenvalue weighted by molar-refractivity contribution is 5.48. The number of hydrogen-bond donors (Lipinski definition) is 0. The molecular weight excluding hydrogens is 276 g/mol. The largest absolute Gasteiger partial charge is 0.493 e. The second-order valence-corrected chi connectivity index (χ2v) is 5.95. The zero-order valence-electron chi connectivity index (χ0n) is 13.4. The predicted molar refractivity (Wildman–Crippen MR) is 88.0 cm³/mol. The van der Waals surface area contributed by atoms with Gasteiger partial charge in [-0.2, -0.15) is 0 Å². The summed E-state index contributed by atoms with van der Waals surface area (Å²) in [5.41, 5.74) is 2.49. The predicted octanol–water partition coefficient (Wildman–Crippen LogP) is 2.95. The molecule has 1 atom stereocenters. The van der Waals surface area contributed by atoms with E-state index in [4.69, 9.17) is 9.47 Å². The van der Waals surface area contributed by atoms with Crippen LogP contribution in [0.5, 0.6) is 11.5 Å². The van der Waals surface area contributed by atoms with Crippen LogP contribution in [0, 0.1) is 5.92 Å². The highest BCUT2D eigenvalue weighted by atomic mass is 16.5. The lowest BCUT2D eigenvalue weighted by molar-refractivity contribution is 0.211. The van der Waals surface area contributed by atoms with E-state index >= 15 is 0 Å². The van der Waals surface area contributed by atoms with Gasteiger partial charge < -0.3 is 14.4 Å². The Hall–Kier alpha value is -2.23. The Kier molecular flexibility index (Phi) is 4.18. The van der Waals surface area contributed by atoms with Gasteiger partial charge in [0, 0.05) is 26.2 Å². The Labute approximate surface area is 131 Å². The standard InChI is InChI=1S/C18H22N2O2/c1-20(2)17-8-7-13(11-19-17)9-14-10-15-5-4-6-16(21-3)18(15)22-12-14/h4-8,11,14H,9-10,12H2,1-3H3. The third kappa shape index (κ3) is 3.01. The average molecular weight is 298 g/mol. The van der Waals surface area contributed by atoms with E-state index in [1.54, 1.807) is 7.11 Å². The maximum absolute atomic E-state index is 5.94. The lowest BCUT2D eigenvalue weighted by atomic mass is 9.91. The maximum Gasteiger partial charge on any atom is 0.164 e. The number of anilines is 1. The van der Waals surface area contributed by atoms with Gasteiger partial charge in [-0.3, -0.25) is 0 Å². The van der Waals surface area contributed by atoms with Crippen molar-refractivity contribution in [3.05, 3.63) is 47.7 Å². The van der Waals surface area contributed by atoms with Gasteiger partial charge in [-0.1, -0.05) is 18.2 Å². The molecule has 0 saturated heterocycles. The first-order valence-electron chi connectivity index (χ1n) is 7.58. The van der Waals surface area contributed by atoms with Crippen molar-refractivity contribution in [2.75, 3.05) is 32.7 Å². The zero-order chi connectivity index (χ0) is 15.5. The van der Waals surface area contributed by atoms with Crippen LogP contribution in [0.2, 0.25) is 0 Å². The molecule has 1 unspecified atom stereocenters. The number of nitrogens with zero attached hydrogens (tertiary/aromatic N) is 2. The van der Waals surface area contributed by atoms with E-state index in [1.807, 2.05) is 37.3 Å². The number of methoxy groups -OCH3 is 1. The minimum atomic E-state index is 0.478. The van der Waals surface area contributed by atoms with Gasteiger partial charge in [0.15, 0.2) is 11.5 Å². The number of para-hydroxylation sites is 1. The van der Waals surface area contributed by atoms with Crippen molar-refractivity contribution >= 4 is 5.82 Å². The van der Waals surface area contributed by atoms with Gasteiger partial charge in [0.25, 0.3) is 0 Å². The third-order valence-corrected chi connectivity index (χ3v) is 4.04. The summed E-state index contributed by atoms with van der Waals surface area (Å²) in [6.07, 6.45) is 3.97. The van der Waals surface area contributed by atoms with E-state index in [9.17, 15) is 0 Å². The second-order valence-electron chi connectivity index (χ2n) is 5.95. The summed E-state index contributed by atoms with van der Waals surface area (Å²) in [7, 11) is 5.69. The van der Waals surface area contributed by atoms with E-state index in [2.05, 4.69) is 23.2 Å². The van der Waals surface area contributed by atoms with Crippen molar-refractivity contribution in [3.8, 4) is 11.5 Å². The second kappa shape index (κ2) is 6.26. The Morgan fingerprint density at radius 2 is 2.14 bits per heavy atom. The first-order chi connectivity index (χ1) is 10.7. The summed E-state index contributed by atoms with van der Waals surface area (Å²) in [4.78, 5) is 6.49. The SMILES string of the molecule is COc1cccc2c1OCC(Cc1ccc(N(C)C)nc1)C2. The van der Waals surface area contributed by atoms with Crippen molar-refractivity contribution in [3.63, 3.8) is 0 Å². The van der Waals surface area contributed by atoms with Gasteiger partial charge in [-0.05, 0) is 36.1 Å². The molecule has 1 aliphatic heterocycles. The molecule has 0 saturated carbocycles. The third-order valence-electron chi connectivity index (χ3n) is 4.04. The molecule has 0 aliphatic carbocycles. The lowest BCUT2D eigenvalue weighted by Crippen LogP contribution is -2.23. The molecule has 0 fully saturated rings. The molecule has 116 valence electrons. The molecule has 22 heavy (non-hydrogen) atoms. The van der Waals surface area contributed by atoms with Gasteiger partial charge in [-0.25, -0.2) is 4.98 Å². The zero-order valence-corrected chi connectivity index (χ0v) is 13.4. The fraction of sp³-hybridized carbons (Fsp3) is 0.389. The number of ether oxygens (including phenoxy) is 2. The summed E-state index contributed by atoms with van der Waals surface area (Å²) in [6, 6.07) is 10.3. The molecule has 2 heterocycles. The number of benzene rings is 1. The summed E-state index contributed by atoms with van der Waals surface area (Å²) < 4.78 is 11.3. The topological polar surface area (TPSA) is 34.6 Å². The Morgan fingerprint density at radius 3 is 2.82 bits per heavy atom. The smallest absolute Gasteiger partial charge is 0.164 e. The minimum absolute atomic E-state index is 0.478. The van der Waals surface area contributed by atoms with Gasteiger partial charge >= 0.3 is 0 Å². The molecule has 0 N–H and O–H groups in total. The van der Waals surface area contributed by atoms with Crippen LogP contribution >= 0.6 is 0 Å². The Bertz CT molecular complexity index is 638. The molecule has 1 aromatic heterocycles. The lowest BCUT2D eigenvalue weighted by Gasteiger charge is -2.26. The van der Waals surface area contributed by atoms with E-state index in [-0.39, 0.29) is 0 Å². The number of pyridine rings is 1. The number of rotatable bonds is 4. The molecular formula is C18H22N2O2. The number of aromatic nitrogens is 1. The fourth-order valence-electron chi connectivity index (χ4n) is 2.88. The number of hydrogen-bond acceptors (Lipinski definition) is 4. The highest BCUT2D eigenvalue weighted by Gasteiger charge is 2.22. The minimum Gasteiger partial charge on any atom is -0.493 e. The van der Waals surface area contributed by atoms with Crippen molar-refractivity contribution in [1.29, 1.82) is 0 Å². The molecule has 2 aromatic rings. The van der Waals surface area contributed by atoms with E-state index in [0.29, 0.717) is 5.92 Å². The van der Waals surface area contributed by atoms with Crippen LogP contribution in [0.4, 0.5) is 5.82 Å². The van der Waals surface area contributed by atoms with Gasteiger partial charge in [-0.15, -0.1) is 0 Å². The van der Waals surface area contributed by atoms with Gasteiger partial charge in [0.05, 0.1) is 13.7 Å². The van der Waals surface area contributed by atoms with Crippen LogP contribution < -0.4 is 14.4 Å². The van der Waals surface area contributed by atoms with E-state index in [1.165, 1.54) is 11.1 Å². The molecule has 0 amide bonds. The summed E-state index contributed by atoms with van der Waals surface area (Å²) >= 11 is 0. The van der Waals surface area contributed by atoms with Crippen molar-refractivity contribution in [2.45, 2.75) is 12.8 Å². The molecule has 0 bridgehead atoms. The highest BCUT2D eigenvalue weighted by Crippen LogP contribution is 2.36. The van der Waals surface area contributed by atoms with E-state index in [0.717, 1.165) is 36.8 Å². The summed E-state index contributed by atoms with van der Waals surface area (Å²) in [5, 5.41) is 0.